The SMILES string of the molecule is CCC(CC)(CNC(C)(C)C)CN(C)CCCOC. The average Bonchev–Trinajstić information content (AvgIpc) is 2.34. The molecule has 0 fully saturated rings. The quantitative estimate of drug-likeness (QED) is 0.618. The molecule has 19 heavy (non-hydrogen) atoms. The third kappa shape index (κ3) is 8.61. The van der Waals surface area contributed by atoms with E-state index in [1.807, 2.05) is 0 Å². The molecule has 3 heteroatoms. The Morgan fingerprint density at radius 2 is 1.68 bits per heavy atom. The van der Waals surface area contributed by atoms with Crippen molar-refractivity contribution in [2.45, 2.75) is 59.4 Å². The van der Waals surface area contributed by atoms with Gasteiger partial charge in [-0.05, 0) is 52.5 Å². The second-order valence-electron chi connectivity index (χ2n) is 6.89. The summed E-state index contributed by atoms with van der Waals surface area (Å²) in [6.07, 6.45) is 3.56. The van der Waals surface area contributed by atoms with E-state index in [-0.39, 0.29) is 5.54 Å². The molecule has 0 saturated carbocycles. The van der Waals surface area contributed by atoms with E-state index >= 15 is 0 Å². The fourth-order valence-electron chi connectivity index (χ4n) is 2.36. The van der Waals surface area contributed by atoms with Crippen LogP contribution in [0.2, 0.25) is 0 Å². The van der Waals surface area contributed by atoms with Crippen LogP contribution >= 0.6 is 0 Å². The van der Waals surface area contributed by atoms with Crippen molar-refractivity contribution in [2.24, 2.45) is 5.41 Å². The largest absolute Gasteiger partial charge is 0.385 e. The Morgan fingerprint density at radius 1 is 1.11 bits per heavy atom. The van der Waals surface area contributed by atoms with Crippen molar-refractivity contribution >= 4 is 0 Å². The molecule has 0 saturated heterocycles. The molecule has 0 bridgehead atoms. The van der Waals surface area contributed by atoms with Crippen LogP contribution in [0.3, 0.4) is 0 Å². The van der Waals surface area contributed by atoms with Crippen molar-refractivity contribution < 1.29 is 4.74 Å². The van der Waals surface area contributed by atoms with E-state index in [4.69, 9.17) is 4.74 Å². The minimum atomic E-state index is 0.199. The summed E-state index contributed by atoms with van der Waals surface area (Å²) in [5.41, 5.74) is 0.583. The van der Waals surface area contributed by atoms with Crippen molar-refractivity contribution in [1.82, 2.24) is 10.2 Å². The molecule has 0 aromatic heterocycles. The van der Waals surface area contributed by atoms with E-state index in [0.717, 1.165) is 32.7 Å². The number of nitrogens with zero attached hydrogens (tertiary/aromatic N) is 1. The molecular weight excluding hydrogens is 236 g/mol. The molecule has 0 aliphatic carbocycles. The van der Waals surface area contributed by atoms with Gasteiger partial charge in [-0.1, -0.05) is 13.8 Å². The Morgan fingerprint density at radius 3 is 2.11 bits per heavy atom. The smallest absolute Gasteiger partial charge is 0.0474 e. The molecule has 0 heterocycles. The maximum Gasteiger partial charge on any atom is 0.0474 e. The second kappa shape index (κ2) is 8.93. The predicted molar refractivity (Wildman–Crippen MR) is 84.8 cm³/mol. The summed E-state index contributed by atoms with van der Waals surface area (Å²) in [4.78, 5) is 2.45. The van der Waals surface area contributed by atoms with Gasteiger partial charge in [0.15, 0.2) is 0 Å². The zero-order chi connectivity index (χ0) is 14.9. The van der Waals surface area contributed by atoms with Crippen LogP contribution in [0.5, 0.6) is 0 Å². The molecule has 0 unspecified atom stereocenters. The van der Waals surface area contributed by atoms with Gasteiger partial charge in [-0.15, -0.1) is 0 Å². The number of ether oxygens (including phenoxy) is 1. The minimum Gasteiger partial charge on any atom is -0.385 e. The highest BCUT2D eigenvalue weighted by Gasteiger charge is 2.28. The lowest BCUT2D eigenvalue weighted by atomic mass is 9.81. The number of rotatable bonds is 10. The molecule has 0 aliphatic heterocycles. The first kappa shape index (κ1) is 18.9. The van der Waals surface area contributed by atoms with Gasteiger partial charge in [0.2, 0.25) is 0 Å². The van der Waals surface area contributed by atoms with Crippen LogP contribution in [0.1, 0.15) is 53.9 Å². The maximum atomic E-state index is 5.13. The van der Waals surface area contributed by atoms with Gasteiger partial charge in [0.1, 0.15) is 0 Å². The Balaban J connectivity index is 4.35. The summed E-state index contributed by atoms with van der Waals surface area (Å²) in [6.45, 7) is 15.6. The van der Waals surface area contributed by atoms with E-state index in [1.54, 1.807) is 7.11 Å². The van der Waals surface area contributed by atoms with Gasteiger partial charge in [-0.25, -0.2) is 0 Å². The molecular formula is C16H36N2O. The summed E-state index contributed by atoms with van der Waals surface area (Å²) in [6, 6.07) is 0. The topological polar surface area (TPSA) is 24.5 Å². The molecule has 0 spiro atoms. The van der Waals surface area contributed by atoms with Crippen LogP contribution in [-0.4, -0.2) is 50.8 Å². The normalized spacial score (nSPS) is 13.3. The molecule has 0 rings (SSSR count). The van der Waals surface area contributed by atoms with E-state index in [1.165, 1.54) is 12.8 Å². The van der Waals surface area contributed by atoms with Crippen LogP contribution in [0, 0.1) is 5.41 Å². The third-order valence-electron chi connectivity index (χ3n) is 3.99. The monoisotopic (exact) mass is 272 g/mol. The Labute approximate surface area is 121 Å². The highest BCUT2D eigenvalue weighted by Crippen LogP contribution is 2.27. The van der Waals surface area contributed by atoms with Crippen molar-refractivity contribution in [1.29, 1.82) is 0 Å². The summed E-state index contributed by atoms with van der Waals surface area (Å²) < 4.78 is 5.13. The maximum absolute atomic E-state index is 5.13. The first-order valence-corrected chi connectivity index (χ1v) is 7.71. The molecule has 0 aromatic carbocycles. The Kier molecular flexibility index (Phi) is 8.88. The van der Waals surface area contributed by atoms with Gasteiger partial charge in [0, 0.05) is 38.9 Å². The van der Waals surface area contributed by atoms with Gasteiger partial charge in [-0.3, -0.25) is 0 Å². The fraction of sp³-hybridized carbons (Fsp3) is 1.00. The van der Waals surface area contributed by atoms with Gasteiger partial charge >= 0.3 is 0 Å². The molecule has 0 amide bonds. The van der Waals surface area contributed by atoms with Crippen LogP contribution < -0.4 is 5.32 Å². The summed E-state index contributed by atoms with van der Waals surface area (Å²) in [7, 11) is 4.00. The van der Waals surface area contributed by atoms with Crippen molar-refractivity contribution in [3.63, 3.8) is 0 Å². The highest BCUT2D eigenvalue weighted by atomic mass is 16.5. The molecule has 0 aliphatic rings. The van der Waals surface area contributed by atoms with Crippen LogP contribution in [0.25, 0.3) is 0 Å². The highest BCUT2D eigenvalue weighted by molar-refractivity contribution is 4.85. The average molecular weight is 272 g/mol. The number of methoxy groups -OCH3 is 1. The van der Waals surface area contributed by atoms with Crippen molar-refractivity contribution in [3.8, 4) is 0 Å². The number of hydrogen-bond donors (Lipinski definition) is 1. The summed E-state index contributed by atoms with van der Waals surface area (Å²) in [5.74, 6) is 0. The van der Waals surface area contributed by atoms with Crippen molar-refractivity contribution in [2.75, 3.05) is 40.4 Å². The van der Waals surface area contributed by atoms with E-state index < -0.39 is 0 Å². The lowest BCUT2D eigenvalue weighted by Crippen LogP contribution is -2.48. The second-order valence-corrected chi connectivity index (χ2v) is 6.89. The first-order valence-electron chi connectivity index (χ1n) is 7.71. The van der Waals surface area contributed by atoms with Crippen LogP contribution in [-0.2, 0) is 4.74 Å². The van der Waals surface area contributed by atoms with Crippen LogP contribution in [0.4, 0.5) is 0 Å². The van der Waals surface area contributed by atoms with Crippen molar-refractivity contribution in [3.05, 3.63) is 0 Å². The fourth-order valence-corrected chi connectivity index (χ4v) is 2.36. The molecule has 0 atom stereocenters. The number of nitrogens with one attached hydrogen (secondary N) is 1. The van der Waals surface area contributed by atoms with Gasteiger partial charge in [0.25, 0.3) is 0 Å². The summed E-state index contributed by atoms with van der Waals surface area (Å²) >= 11 is 0. The van der Waals surface area contributed by atoms with Gasteiger partial charge in [0.05, 0.1) is 0 Å². The Hall–Kier alpha value is -0.120. The third-order valence-corrected chi connectivity index (χ3v) is 3.99. The predicted octanol–water partition coefficient (Wildman–Crippen LogP) is 3.15. The summed E-state index contributed by atoms with van der Waals surface area (Å²) in [5, 5.41) is 3.69. The molecule has 3 nitrogen and oxygen atoms in total. The van der Waals surface area contributed by atoms with Gasteiger partial charge in [-0.2, -0.15) is 0 Å². The standard InChI is InChI=1S/C16H36N2O/c1-8-16(9-2,13-17-15(3,4)5)14-18(6)11-10-12-19-7/h17H,8-14H2,1-7H3. The molecule has 0 radical (unpaired) electrons. The lowest BCUT2D eigenvalue weighted by Gasteiger charge is -2.38. The van der Waals surface area contributed by atoms with Gasteiger partial charge < -0.3 is 15.0 Å². The molecule has 0 aromatic rings. The van der Waals surface area contributed by atoms with Crippen LogP contribution in [0.15, 0.2) is 0 Å². The lowest BCUT2D eigenvalue weighted by molar-refractivity contribution is 0.129. The minimum absolute atomic E-state index is 0.199. The number of hydrogen-bond acceptors (Lipinski definition) is 3. The van der Waals surface area contributed by atoms with E-state index in [2.05, 4.69) is 51.9 Å². The Bertz CT molecular complexity index is 219. The molecule has 116 valence electrons. The molecule has 1 N–H and O–H groups in total. The van der Waals surface area contributed by atoms with E-state index in [9.17, 15) is 0 Å². The zero-order valence-electron chi connectivity index (χ0n) is 14.3. The first-order chi connectivity index (χ1) is 8.78. The zero-order valence-corrected chi connectivity index (χ0v) is 14.3. The van der Waals surface area contributed by atoms with E-state index in [0.29, 0.717) is 5.41 Å².